The maximum absolute atomic E-state index is 13.7. The third kappa shape index (κ3) is 5.74. The first-order valence-corrected chi connectivity index (χ1v) is 13.7. The van der Waals surface area contributed by atoms with E-state index in [2.05, 4.69) is 36.6 Å². The van der Waals surface area contributed by atoms with Gasteiger partial charge in [0.1, 0.15) is 17.2 Å². The molecule has 0 fully saturated rings. The van der Waals surface area contributed by atoms with Crippen molar-refractivity contribution in [3.05, 3.63) is 87.9 Å². The van der Waals surface area contributed by atoms with Crippen LogP contribution < -0.4 is 16.2 Å². The largest absolute Gasteiger partial charge is 0.406 e. The normalized spacial score (nSPS) is 13.8. The second-order valence-electron chi connectivity index (χ2n) is 9.65. The number of fused-ring (bicyclic) bond motifs is 1. The van der Waals surface area contributed by atoms with E-state index in [1.807, 2.05) is 35.7 Å². The molecule has 0 radical (unpaired) electrons. The van der Waals surface area contributed by atoms with Gasteiger partial charge in [0.25, 0.3) is 5.56 Å². The summed E-state index contributed by atoms with van der Waals surface area (Å²) >= 11 is 1.44. The predicted molar refractivity (Wildman–Crippen MR) is 154 cm³/mol. The number of anilines is 2. The fourth-order valence-corrected chi connectivity index (χ4v) is 5.46. The monoisotopic (exact) mass is 575 g/mol. The Morgan fingerprint density at radius 2 is 1.90 bits per heavy atom. The molecule has 0 spiro atoms. The predicted octanol–water partition coefficient (Wildman–Crippen LogP) is 5.97. The van der Waals surface area contributed by atoms with Crippen molar-refractivity contribution in [2.75, 3.05) is 18.4 Å². The number of aryl methyl sites for hydroxylation is 1. The van der Waals surface area contributed by atoms with Gasteiger partial charge in [-0.1, -0.05) is 18.2 Å². The summed E-state index contributed by atoms with van der Waals surface area (Å²) < 4.78 is 41.6. The molecule has 1 aliphatic rings. The molecule has 208 valence electrons. The van der Waals surface area contributed by atoms with Crippen molar-refractivity contribution < 1.29 is 13.2 Å². The Morgan fingerprint density at radius 3 is 2.59 bits per heavy atom. The lowest BCUT2D eigenvalue weighted by Crippen LogP contribution is -2.30. The van der Waals surface area contributed by atoms with Crippen LogP contribution in [0.3, 0.4) is 0 Å². The number of hydrogen-bond donors (Lipinski definition) is 2. The second-order valence-corrected chi connectivity index (χ2v) is 10.5. The van der Waals surface area contributed by atoms with E-state index in [0.29, 0.717) is 21.5 Å². The van der Waals surface area contributed by atoms with Crippen LogP contribution in [0.2, 0.25) is 0 Å². The first-order valence-electron chi connectivity index (χ1n) is 12.9. The van der Waals surface area contributed by atoms with Gasteiger partial charge in [-0.2, -0.15) is 18.2 Å². The van der Waals surface area contributed by atoms with E-state index < -0.39 is 18.3 Å². The summed E-state index contributed by atoms with van der Waals surface area (Å²) in [7, 11) is 0. The number of benzene rings is 1. The summed E-state index contributed by atoms with van der Waals surface area (Å²) in [5, 5.41) is 9.20. The van der Waals surface area contributed by atoms with Crippen LogP contribution in [0.5, 0.6) is 0 Å². The van der Waals surface area contributed by atoms with Crippen molar-refractivity contribution in [1.82, 2.24) is 29.8 Å². The van der Waals surface area contributed by atoms with Crippen molar-refractivity contribution >= 4 is 39.6 Å². The molecule has 0 bridgehead atoms. The van der Waals surface area contributed by atoms with Crippen molar-refractivity contribution in [2.24, 2.45) is 0 Å². The first-order chi connectivity index (χ1) is 19.7. The molecule has 0 saturated heterocycles. The Kier molecular flexibility index (Phi) is 7.10. The van der Waals surface area contributed by atoms with Crippen LogP contribution in [0.25, 0.3) is 38.4 Å². The molecular weight excluding hydrogens is 551 g/mol. The van der Waals surface area contributed by atoms with Crippen LogP contribution in [-0.4, -0.2) is 43.8 Å². The molecule has 0 unspecified atom stereocenters. The average molecular weight is 576 g/mol. The van der Waals surface area contributed by atoms with Gasteiger partial charge in [-0.3, -0.25) is 14.3 Å². The Morgan fingerprint density at radius 1 is 1.07 bits per heavy atom. The fraction of sp³-hybridized carbons (Fsp3) is 0.207. The van der Waals surface area contributed by atoms with Crippen LogP contribution in [0, 0.1) is 6.92 Å². The molecule has 6 rings (SSSR count). The van der Waals surface area contributed by atoms with E-state index in [0.717, 1.165) is 35.6 Å². The lowest BCUT2D eigenvalue weighted by molar-refractivity contribution is -0.140. The summed E-state index contributed by atoms with van der Waals surface area (Å²) in [4.78, 5) is 30.9. The van der Waals surface area contributed by atoms with Crippen molar-refractivity contribution in [3.63, 3.8) is 0 Å². The number of aromatic nitrogens is 5. The third-order valence-electron chi connectivity index (χ3n) is 6.75. The molecule has 5 aromatic rings. The highest BCUT2D eigenvalue weighted by molar-refractivity contribution is 7.13. The highest BCUT2D eigenvalue weighted by atomic mass is 32.1. The van der Waals surface area contributed by atoms with Crippen LogP contribution in [0.15, 0.2) is 71.2 Å². The van der Waals surface area contributed by atoms with E-state index in [-0.39, 0.29) is 22.5 Å². The number of pyridine rings is 2. The zero-order valence-corrected chi connectivity index (χ0v) is 22.7. The molecule has 1 aliphatic heterocycles. The zero-order valence-electron chi connectivity index (χ0n) is 21.9. The number of thiazole rings is 1. The molecule has 41 heavy (non-hydrogen) atoms. The minimum absolute atomic E-state index is 0.0389. The third-order valence-corrected chi connectivity index (χ3v) is 7.57. The summed E-state index contributed by atoms with van der Waals surface area (Å²) in [5.41, 5.74) is 3.80. The second kappa shape index (κ2) is 10.9. The molecule has 1 aromatic carbocycles. The van der Waals surface area contributed by atoms with Crippen molar-refractivity contribution in [2.45, 2.75) is 26.1 Å². The number of rotatable bonds is 6. The van der Waals surface area contributed by atoms with Crippen molar-refractivity contribution in [1.29, 1.82) is 0 Å². The molecule has 0 amide bonds. The van der Waals surface area contributed by atoms with Gasteiger partial charge in [-0.25, -0.2) is 9.97 Å². The van der Waals surface area contributed by atoms with Gasteiger partial charge in [0.05, 0.1) is 11.3 Å². The Balaban J connectivity index is 1.37. The topological polar surface area (TPSA) is 97.6 Å². The molecule has 0 atom stereocenters. The van der Waals surface area contributed by atoms with Crippen LogP contribution >= 0.6 is 11.3 Å². The molecule has 0 saturated carbocycles. The van der Waals surface area contributed by atoms with Crippen LogP contribution in [0.4, 0.5) is 24.8 Å². The van der Waals surface area contributed by atoms with E-state index in [4.69, 9.17) is 0 Å². The van der Waals surface area contributed by atoms with Gasteiger partial charge in [0.2, 0.25) is 5.95 Å². The van der Waals surface area contributed by atoms with Crippen LogP contribution in [0.1, 0.15) is 17.5 Å². The minimum Gasteiger partial charge on any atom is -0.324 e. The van der Waals surface area contributed by atoms with E-state index >= 15 is 0 Å². The van der Waals surface area contributed by atoms with Crippen LogP contribution in [-0.2, 0) is 6.54 Å². The Hall–Kier alpha value is -4.42. The van der Waals surface area contributed by atoms with E-state index in [1.165, 1.54) is 29.2 Å². The molecule has 2 N–H and O–H groups in total. The maximum atomic E-state index is 13.7. The summed E-state index contributed by atoms with van der Waals surface area (Å²) in [6.07, 6.45) is 3.09. The first kappa shape index (κ1) is 26.8. The highest BCUT2D eigenvalue weighted by Crippen LogP contribution is 2.29. The van der Waals surface area contributed by atoms with E-state index in [9.17, 15) is 18.0 Å². The molecule has 12 heteroatoms. The van der Waals surface area contributed by atoms with Gasteiger partial charge in [-0.05, 0) is 60.9 Å². The number of nitrogens with zero attached hydrogens (tertiary/aromatic N) is 5. The lowest BCUT2D eigenvalue weighted by atomic mass is 10.0. The highest BCUT2D eigenvalue weighted by Gasteiger charge is 2.31. The fourth-order valence-electron chi connectivity index (χ4n) is 4.84. The zero-order chi connectivity index (χ0) is 28.6. The summed E-state index contributed by atoms with van der Waals surface area (Å²) in [6, 6.07) is 11.0. The minimum atomic E-state index is -4.65. The van der Waals surface area contributed by atoms with Gasteiger partial charge in [-0.15, -0.1) is 11.3 Å². The molecule has 8 nitrogen and oxygen atoms in total. The van der Waals surface area contributed by atoms with Crippen molar-refractivity contribution in [3.8, 4) is 21.8 Å². The number of alkyl halides is 3. The summed E-state index contributed by atoms with van der Waals surface area (Å²) in [5.74, 6) is 0.0801. The Bertz CT molecular complexity index is 1810. The van der Waals surface area contributed by atoms with Gasteiger partial charge >= 0.3 is 6.18 Å². The summed E-state index contributed by atoms with van der Waals surface area (Å²) in [6.45, 7) is 2.01. The maximum Gasteiger partial charge on any atom is 0.406 e. The molecular formula is C29H24F3N7OS. The average Bonchev–Trinajstić information content (AvgIpc) is 3.50. The van der Waals surface area contributed by atoms with Gasteiger partial charge in [0, 0.05) is 47.2 Å². The number of hydrogen-bond acceptors (Lipinski definition) is 8. The Labute approximate surface area is 236 Å². The van der Waals surface area contributed by atoms with Gasteiger partial charge in [0.15, 0.2) is 0 Å². The molecule has 4 aromatic heterocycles. The lowest BCUT2D eigenvalue weighted by Gasteiger charge is -2.16. The number of halogens is 3. The smallest absolute Gasteiger partial charge is 0.324 e. The molecule has 5 heterocycles. The van der Waals surface area contributed by atoms with Gasteiger partial charge < -0.3 is 10.6 Å². The van der Waals surface area contributed by atoms with E-state index in [1.54, 1.807) is 19.3 Å². The number of nitrogens with one attached hydrogen (secondary N) is 2. The quantitative estimate of drug-likeness (QED) is 0.258. The molecule has 0 aliphatic carbocycles. The standard InChI is InChI=1S/C29H24F3N7OS/c1-17-12-21(26-34-10-11-41-26)15-35-24(17)23-13-20-14-36-28(38-25(20)39(27(23)40)16-29(30,31)32)37-22-4-2-18(3-5-22)19-6-8-33-9-7-19/h2-6,10-15,33H,7-9,16H2,1H3,(H,36,37,38). The SMILES string of the molecule is Cc1cc(-c2nccs2)cnc1-c1cc2cnc(Nc3ccc(C4=CCNCC4)cc3)nc2n(CC(F)(F)F)c1=O.